The van der Waals surface area contributed by atoms with Crippen molar-refractivity contribution in [3.63, 3.8) is 0 Å². The van der Waals surface area contributed by atoms with E-state index in [9.17, 15) is 18.0 Å². The summed E-state index contributed by atoms with van der Waals surface area (Å²) in [7, 11) is -1.88. The van der Waals surface area contributed by atoms with E-state index in [1.165, 1.54) is 10.4 Å². The van der Waals surface area contributed by atoms with Crippen molar-refractivity contribution in [2.45, 2.75) is 50.0 Å². The number of likely N-dealkylation sites (N-methyl/N-ethyl adjacent to an activating group) is 1. The van der Waals surface area contributed by atoms with Gasteiger partial charge in [-0.15, -0.1) is 0 Å². The average Bonchev–Trinajstić information content (AvgIpc) is 3.47. The van der Waals surface area contributed by atoms with Crippen molar-refractivity contribution in [1.29, 1.82) is 0 Å². The summed E-state index contributed by atoms with van der Waals surface area (Å²) in [4.78, 5) is 26.0. The van der Waals surface area contributed by atoms with Gasteiger partial charge in [0.25, 0.3) is 0 Å². The Morgan fingerprint density at radius 2 is 1.76 bits per heavy atom. The monoisotopic (exact) mass is 422 g/mol. The topological polar surface area (TPSA) is 98.8 Å². The number of nitrogens with one attached hydrogen (secondary N) is 2. The second-order valence-electron chi connectivity index (χ2n) is 8.01. The second kappa shape index (κ2) is 9.23. The van der Waals surface area contributed by atoms with E-state index in [-0.39, 0.29) is 35.8 Å². The fourth-order valence-electron chi connectivity index (χ4n) is 3.45. The van der Waals surface area contributed by atoms with E-state index < -0.39 is 10.0 Å². The van der Waals surface area contributed by atoms with Crippen LogP contribution in [0.2, 0.25) is 0 Å². The van der Waals surface area contributed by atoms with Gasteiger partial charge in [-0.3, -0.25) is 14.5 Å². The highest BCUT2D eigenvalue weighted by molar-refractivity contribution is 7.89. The van der Waals surface area contributed by atoms with E-state index in [0.717, 1.165) is 32.1 Å². The molecule has 2 N–H and O–H groups in total. The normalized spacial score (nSPS) is 17.9. The van der Waals surface area contributed by atoms with Crippen LogP contribution in [0, 0.1) is 6.92 Å². The van der Waals surface area contributed by atoms with Crippen LogP contribution in [-0.4, -0.2) is 68.7 Å². The average molecular weight is 423 g/mol. The molecule has 1 aromatic carbocycles. The number of benzene rings is 1. The Labute approximate surface area is 172 Å². The molecule has 160 valence electrons. The highest BCUT2D eigenvalue weighted by atomic mass is 32.2. The summed E-state index contributed by atoms with van der Waals surface area (Å²) in [5.41, 5.74) is 1.09. The van der Waals surface area contributed by atoms with Crippen LogP contribution in [0.1, 0.15) is 37.7 Å². The molecule has 1 saturated carbocycles. The number of piperidine rings is 1. The molecule has 1 heterocycles. The highest BCUT2D eigenvalue weighted by Crippen LogP contribution is 2.26. The van der Waals surface area contributed by atoms with Crippen LogP contribution in [0.3, 0.4) is 0 Å². The summed E-state index contributed by atoms with van der Waals surface area (Å²) in [6.07, 6.45) is 4.83. The predicted molar refractivity (Wildman–Crippen MR) is 111 cm³/mol. The number of hydrogen-bond donors (Lipinski definition) is 2. The SMILES string of the molecule is Cc1ccc(NC(=O)CN(C)CC(=O)NC2CC2)cc1S(=O)(=O)N1CCCCC1. The van der Waals surface area contributed by atoms with Gasteiger partial charge in [-0.2, -0.15) is 4.31 Å². The van der Waals surface area contributed by atoms with Crippen molar-refractivity contribution in [2.75, 3.05) is 38.5 Å². The van der Waals surface area contributed by atoms with E-state index >= 15 is 0 Å². The van der Waals surface area contributed by atoms with Gasteiger partial charge >= 0.3 is 0 Å². The molecule has 2 fully saturated rings. The number of rotatable bonds is 8. The lowest BCUT2D eigenvalue weighted by Gasteiger charge is -2.26. The Morgan fingerprint density at radius 3 is 2.41 bits per heavy atom. The zero-order valence-electron chi connectivity index (χ0n) is 17.1. The molecule has 1 aliphatic carbocycles. The predicted octanol–water partition coefficient (Wildman–Crippen LogP) is 1.32. The number of carbonyl (C=O) groups is 2. The van der Waals surface area contributed by atoms with E-state index in [1.54, 1.807) is 31.0 Å². The molecule has 0 bridgehead atoms. The summed E-state index contributed by atoms with van der Waals surface area (Å²) in [5, 5.41) is 5.63. The third-order valence-corrected chi connectivity index (χ3v) is 7.21. The molecule has 1 aliphatic heterocycles. The van der Waals surface area contributed by atoms with Crippen LogP contribution in [0.25, 0.3) is 0 Å². The lowest BCUT2D eigenvalue weighted by atomic mass is 10.2. The number of carbonyl (C=O) groups excluding carboxylic acids is 2. The van der Waals surface area contributed by atoms with Crippen molar-refractivity contribution < 1.29 is 18.0 Å². The van der Waals surface area contributed by atoms with E-state index in [2.05, 4.69) is 10.6 Å². The smallest absolute Gasteiger partial charge is 0.243 e. The van der Waals surface area contributed by atoms with Gasteiger partial charge in [0.15, 0.2) is 0 Å². The van der Waals surface area contributed by atoms with Crippen LogP contribution < -0.4 is 10.6 Å². The standard InChI is InChI=1S/C20H30N4O4S/c1-15-6-7-17(12-18(15)29(27,28)24-10-4-3-5-11-24)22-20(26)14-23(2)13-19(25)21-16-8-9-16/h6-7,12,16H,3-5,8-11,13-14H2,1-2H3,(H,21,25)(H,22,26). The van der Waals surface area contributed by atoms with Gasteiger partial charge in [-0.25, -0.2) is 8.42 Å². The molecule has 2 aliphatic rings. The van der Waals surface area contributed by atoms with Crippen LogP contribution in [0.4, 0.5) is 5.69 Å². The number of nitrogens with zero attached hydrogens (tertiary/aromatic N) is 2. The molecular formula is C20H30N4O4S. The summed E-state index contributed by atoms with van der Waals surface area (Å²) in [5.74, 6) is -0.384. The van der Waals surface area contributed by atoms with Gasteiger partial charge < -0.3 is 10.6 Å². The van der Waals surface area contributed by atoms with Crippen LogP contribution >= 0.6 is 0 Å². The molecule has 3 rings (SSSR count). The Balaban J connectivity index is 1.61. The molecule has 0 unspecified atom stereocenters. The number of sulfonamides is 1. The summed E-state index contributed by atoms with van der Waals surface area (Å²) in [6, 6.07) is 5.22. The summed E-state index contributed by atoms with van der Waals surface area (Å²) < 4.78 is 27.5. The Bertz CT molecular complexity index is 861. The number of anilines is 1. The van der Waals surface area contributed by atoms with Crippen molar-refractivity contribution in [3.05, 3.63) is 23.8 Å². The maximum absolute atomic E-state index is 13.0. The molecule has 0 radical (unpaired) electrons. The molecule has 1 saturated heterocycles. The third-order valence-electron chi connectivity index (χ3n) is 5.17. The minimum Gasteiger partial charge on any atom is -0.352 e. The molecule has 29 heavy (non-hydrogen) atoms. The molecule has 0 spiro atoms. The Morgan fingerprint density at radius 1 is 1.10 bits per heavy atom. The third kappa shape index (κ3) is 6.01. The van der Waals surface area contributed by atoms with Crippen molar-refractivity contribution in [1.82, 2.24) is 14.5 Å². The molecule has 0 aromatic heterocycles. The van der Waals surface area contributed by atoms with Crippen LogP contribution in [0.15, 0.2) is 23.1 Å². The first-order chi connectivity index (χ1) is 13.8. The minimum atomic E-state index is -3.58. The van der Waals surface area contributed by atoms with E-state index in [4.69, 9.17) is 0 Å². The molecule has 0 atom stereocenters. The van der Waals surface area contributed by atoms with Crippen molar-refractivity contribution >= 4 is 27.5 Å². The quantitative estimate of drug-likeness (QED) is 0.658. The molecule has 9 heteroatoms. The van der Waals surface area contributed by atoms with Crippen molar-refractivity contribution in [3.8, 4) is 0 Å². The lowest BCUT2D eigenvalue weighted by molar-refractivity contribution is -0.123. The fraction of sp³-hybridized carbons (Fsp3) is 0.600. The molecule has 1 aromatic rings. The fourth-order valence-corrected chi connectivity index (χ4v) is 5.22. The zero-order chi connectivity index (χ0) is 21.0. The lowest BCUT2D eigenvalue weighted by Crippen LogP contribution is -2.39. The van der Waals surface area contributed by atoms with Gasteiger partial charge in [-0.1, -0.05) is 12.5 Å². The first kappa shape index (κ1) is 21.7. The van der Waals surface area contributed by atoms with E-state index in [1.807, 2.05) is 0 Å². The van der Waals surface area contributed by atoms with Gasteiger partial charge in [0, 0.05) is 24.8 Å². The van der Waals surface area contributed by atoms with E-state index in [0.29, 0.717) is 24.3 Å². The highest BCUT2D eigenvalue weighted by Gasteiger charge is 2.28. The summed E-state index contributed by atoms with van der Waals surface area (Å²) >= 11 is 0. The van der Waals surface area contributed by atoms with Gasteiger partial charge in [-0.05, 0) is 57.4 Å². The molecule has 8 nitrogen and oxygen atoms in total. The van der Waals surface area contributed by atoms with Gasteiger partial charge in [0.1, 0.15) is 0 Å². The van der Waals surface area contributed by atoms with Gasteiger partial charge in [0.2, 0.25) is 21.8 Å². The Hall–Kier alpha value is -1.97. The van der Waals surface area contributed by atoms with Crippen LogP contribution in [0.5, 0.6) is 0 Å². The zero-order valence-corrected chi connectivity index (χ0v) is 17.9. The molecule has 2 amide bonds. The first-order valence-corrected chi connectivity index (χ1v) is 11.6. The maximum atomic E-state index is 13.0. The maximum Gasteiger partial charge on any atom is 0.243 e. The van der Waals surface area contributed by atoms with Crippen LogP contribution in [-0.2, 0) is 19.6 Å². The number of hydrogen-bond acceptors (Lipinski definition) is 5. The largest absolute Gasteiger partial charge is 0.352 e. The Kier molecular flexibility index (Phi) is 6.92. The number of amides is 2. The molecular weight excluding hydrogens is 392 g/mol. The second-order valence-corrected chi connectivity index (χ2v) is 9.91. The number of aryl methyl sites for hydroxylation is 1. The first-order valence-electron chi connectivity index (χ1n) is 10.1. The summed E-state index contributed by atoms with van der Waals surface area (Å²) in [6.45, 7) is 3.01. The van der Waals surface area contributed by atoms with Gasteiger partial charge in [0.05, 0.1) is 18.0 Å². The van der Waals surface area contributed by atoms with Crippen molar-refractivity contribution in [2.24, 2.45) is 0 Å². The minimum absolute atomic E-state index is 0.0418.